The summed E-state index contributed by atoms with van der Waals surface area (Å²) in [7, 11) is 0. The quantitative estimate of drug-likeness (QED) is 0.768. The number of nitrogens with one attached hydrogen (secondary N) is 2. The lowest BCUT2D eigenvalue weighted by atomic mass is 9.77. The molecule has 134 valence electrons. The summed E-state index contributed by atoms with van der Waals surface area (Å²) in [5.41, 5.74) is 0.106. The first kappa shape index (κ1) is 18.6. The van der Waals surface area contributed by atoms with E-state index in [1.54, 1.807) is 0 Å². The second-order valence-corrected chi connectivity index (χ2v) is 9.20. The molecule has 0 aromatic rings. The van der Waals surface area contributed by atoms with Crippen molar-refractivity contribution in [3.8, 4) is 0 Å². The highest BCUT2D eigenvalue weighted by molar-refractivity contribution is 5.68. The smallest absolute Gasteiger partial charge is 0.407 e. The van der Waals surface area contributed by atoms with Crippen molar-refractivity contribution in [3.05, 3.63) is 0 Å². The van der Waals surface area contributed by atoms with Crippen LogP contribution in [0.25, 0.3) is 0 Å². The van der Waals surface area contributed by atoms with Crippen LogP contribution in [0.5, 0.6) is 0 Å². The van der Waals surface area contributed by atoms with Gasteiger partial charge in [0.25, 0.3) is 0 Å². The maximum absolute atomic E-state index is 11.8. The second-order valence-electron chi connectivity index (χ2n) is 9.20. The lowest BCUT2D eigenvalue weighted by molar-refractivity contribution is 0.0461. The van der Waals surface area contributed by atoms with Crippen LogP contribution in [0.3, 0.4) is 0 Å². The highest BCUT2D eigenvalue weighted by Gasteiger charge is 2.37. The number of carbonyl (C=O) groups excluding carboxylic acids is 1. The number of alkyl carbamates (subject to hydrolysis) is 1. The van der Waals surface area contributed by atoms with E-state index in [-0.39, 0.29) is 12.1 Å². The molecule has 0 spiro atoms. The van der Waals surface area contributed by atoms with Crippen LogP contribution < -0.4 is 10.6 Å². The monoisotopic (exact) mass is 324 g/mol. The van der Waals surface area contributed by atoms with Crippen LogP contribution >= 0.6 is 0 Å². The van der Waals surface area contributed by atoms with Gasteiger partial charge < -0.3 is 15.4 Å². The normalized spacial score (nSPS) is 26.9. The van der Waals surface area contributed by atoms with Gasteiger partial charge in [-0.25, -0.2) is 4.79 Å². The summed E-state index contributed by atoms with van der Waals surface area (Å²) in [6.45, 7) is 11.5. The first-order valence-electron chi connectivity index (χ1n) is 9.40. The highest BCUT2D eigenvalue weighted by atomic mass is 16.6. The number of hydrogen-bond acceptors (Lipinski definition) is 3. The zero-order valence-corrected chi connectivity index (χ0v) is 15.7. The van der Waals surface area contributed by atoms with Gasteiger partial charge in [0.2, 0.25) is 0 Å². The predicted molar refractivity (Wildman–Crippen MR) is 94.5 cm³/mol. The lowest BCUT2D eigenvalue weighted by Gasteiger charge is -2.40. The Bertz CT molecular complexity index is 389. The average Bonchev–Trinajstić information content (AvgIpc) is 2.77. The fraction of sp³-hybridized carbons (Fsp3) is 0.947. The van der Waals surface area contributed by atoms with Crippen molar-refractivity contribution < 1.29 is 9.53 Å². The van der Waals surface area contributed by atoms with Gasteiger partial charge in [0.1, 0.15) is 5.60 Å². The molecule has 23 heavy (non-hydrogen) atoms. The largest absolute Gasteiger partial charge is 0.444 e. The van der Waals surface area contributed by atoms with E-state index in [9.17, 15) is 4.79 Å². The van der Waals surface area contributed by atoms with Gasteiger partial charge in [-0.1, -0.05) is 26.7 Å². The van der Waals surface area contributed by atoms with E-state index in [4.69, 9.17) is 4.74 Å². The van der Waals surface area contributed by atoms with Gasteiger partial charge in [0.05, 0.1) is 0 Å². The van der Waals surface area contributed by atoms with Crippen LogP contribution in [0.2, 0.25) is 0 Å². The van der Waals surface area contributed by atoms with Gasteiger partial charge in [-0.15, -0.1) is 0 Å². The number of amides is 1. The van der Waals surface area contributed by atoms with Crippen molar-refractivity contribution in [1.29, 1.82) is 0 Å². The molecular weight excluding hydrogens is 288 g/mol. The van der Waals surface area contributed by atoms with Crippen molar-refractivity contribution in [2.45, 2.75) is 97.2 Å². The number of rotatable bonds is 6. The summed E-state index contributed by atoms with van der Waals surface area (Å²) in [6, 6.07) is 0.826. The van der Waals surface area contributed by atoms with Crippen LogP contribution in [0.4, 0.5) is 4.79 Å². The Hall–Kier alpha value is -0.770. The third-order valence-corrected chi connectivity index (χ3v) is 5.13. The van der Waals surface area contributed by atoms with E-state index in [1.165, 1.54) is 32.1 Å². The van der Waals surface area contributed by atoms with E-state index >= 15 is 0 Å². The highest BCUT2D eigenvalue weighted by Crippen LogP contribution is 2.43. The van der Waals surface area contributed by atoms with Gasteiger partial charge in [-0.2, -0.15) is 0 Å². The van der Waals surface area contributed by atoms with Crippen molar-refractivity contribution in [2.24, 2.45) is 11.3 Å². The molecule has 2 fully saturated rings. The molecule has 0 atom stereocenters. The molecule has 0 radical (unpaired) electrons. The minimum atomic E-state index is -0.419. The first-order chi connectivity index (χ1) is 10.7. The molecule has 0 aliphatic heterocycles. The zero-order valence-electron chi connectivity index (χ0n) is 15.7. The van der Waals surface area contributed by atoms with Crippen LogP contribution in [-0.4, -0.2) is 30.3 Å². The topological polar surface area (TPSA) is 50.4 Å². The van der Waals surface area contributed by atoms with E-state index in [1.807, 2.05) is 20.8 Å². The molecule has 0 saturated heterocycles. The second kappa shape index (κ2) is 7.42. The third kappa shape index (κ3) is 5.98. The number of hydrogen-bond donors (Lipinski definition) is 2. The Morgan fingerprint density at radius 1 is 1.17 bits per heavy atom. The Balaban J connectivity index is 1.66. The lowest BCUT2D eigenvalue weighted by Crippen LogP contribution is -2.54. The summed E-state index contributed by atoms with van der Waals surface area (Å²) in [6.07, 6.45) is 8.65. The van der Waals surface area contributed by atoms with Gasteiger partial charge in [-0.3, -0.25) is 0 Å². The molecule has 2 saturated carbocycles. The molecular formula is C19H36N2O2. The molecule has 1 amide bonds. The van der Waals surface area contributed by atoms with E-state index in [0.717, 1.165) is 25.3 Å². The molecule has 4 nitrogen and oxygen atoms in total. The van der Waals surface area contributed by atoms with E-state index in [2.05, 4.69) is 24.5 Å². The van der Waals surface area contributed by atoms with Crippen molar-refractivity contribution in [1.82, 2.24) is 10.6 Å². The Morgan fingerprint density at radius 2 is 1.78 bits per heavy atom. The van der Waals surface area contributed by atoms with Gasteiger partial charge in [0, 0.05) is 18.6 Å². The van der Waals surface area contributed by atoms with Crippen LogP contribution in [0.1, 0.15) is 79.6 Å². The van der Waals surface area contributed by atoms with Gasteiger partial charge in [-0.05, 0) is 64.2 Å². The number of carbonyl (C=O) groups is 1. The molecule has 2 rings (SSSR count). The minimum absolute atomic E-state index is 0.270. The van der Waals surface area contributed by atoms with E-state index < -0.39 is 5.60 Å². The van der Waals surface area contributed by atoms with Crippen LogP contribution in [-0.2, 0) is 4.74 Å². The summed E-state index contributed by atoms with van der Waals surface area (Å²) >= 11 is 0. The standard InChI is InChI=1S/C19H36N2O2/c1-14(2)12-19(8-6-7-9-19)13-20-15-10-16(11-15)21-17(22)23-18(3,4)5/h14-16,20H,6-13H2,1-5H3,(H,21,22). The Morgan fingerprint density at radius 3 is 2.30 bits per heavy atom. The molecule has 0 aromatic heterocycles. The van der Waals surface area contributed by atoms with Crippen molar-refractivity contribution in [2.75, 3.05) is 6.54 Å². The maximum Gasteiger partial charge on any atom is 0.407 e. The molecule has 0 unspecified atom stereocenters. The molecule has 2 aliphatic rings. The van der Waals surface area contributed by atoms with Gasteiger partial charge in [0.15, 0.2) is 0 Å². The molecule has 4 heteroatoms. The maximum atomic E-state index is 11.8. The predicted octanol–water partition coefficient (Wildman–Crippen LogP) is 4.24. The molecule has 2 aliphatic carbocycles. The van der Waals surface area contributed by atoms with Crippen molar-refractivity contribution >= 4 is 6.09 Å². The fourth-order valence-corrected chi connectivity index (χ4v) is 4.18. The van der Waals surface area contributed by atoms with Crippen LogP contribution in [0.15, 0.2) is 0 Å². The minimum Gasteiger partial charge on any atom is -0.444 e. The zero-order chi connectivity index (χ0) is 17.1. The van der Waals surface area contributed by atoms with E-state index in [0.29, 0.717) is 11.5 Å². The molecule has 2 N–H and O–H groups in total. The Kier molecular flexibility index (Phi) is 5.99. The SMILES string of the molecule is CC(C)CC1(CNC2CC(NC(=O)OC(C)(C)C)C2)CCCC1. The summed E-state index contributed by atoms with van der Waals surface area (Å²) in [4.78, 5) is 11.8. The van der Waals surface area contributed by atoms with Crippen LogP contribution in [0, 0.1) is 11.3 Å². The first-order valence-corrected chi connectivity index (χ1v) is 9.40. The summed E-state index contributed by atoms with van der Waals surface area (Å²) < 4.78 is 5.31. The third-order valence-electron chi connectivity index (χ3n) is 5.13. The fourth-order valence-electron chi connectivity index (χ4n) is 4.18. The number of ether oxygens (including phenoxy) is 1. The average molecular weight is 325 g/mol. The molecule has 0 bridgehead atoms. The molecule has 0 aromatic carbocycles. The summed E-state index contributed by atoms with van der Waals surface area (Å²) in [5.74, 6) is 0.776. The summed E-state index contributed by atoms with van der Waals surface area (Å²) in [5, 5.41) is 6.74. The Labute approximate surface area is 142 Å². The van der Waals surface area contributed by atoms with Gasteiger partial charge >= 0.3 is 6.09 Å². The molecule has 0 heterocycles. The van der Waals surface area contributed by atoms with Crippen molar-refractivity contribution in [3.63, 3.8) is 0 Å².